The minimum Gasteiger partial charge on any atom is -0.341 e. The lowest BCUT2D eigenvalue weighted by Gasteiger charge is -2.13. The molecule has 0 saturated heterocycles. The molecule has 21 heavy (non-hydrogen) atoms. The summed E-state index contributed by atoms with van der Waals surface area (Å²) in [6.45, 7) is 8.05. The molecule has 0 aliphatic heterocycles. The van der Waals surface area contributed by atoms with Gasteiger partial charge in [-0.05, 0) is 44.0 Å². The zero-order valence-electron chi connectivity index (χ0n) is 12.7. The van der Waals surface area contributed by atoms with Crippen LogP contribution in [-0.4, -0.2) is 25.6 Å². The van der Waals surface area contributed by atoms with Crippen molar-refractivity contribution in [3.8, 4) is 0 Å². The van der Waals surface area contributed by atoms with E-state index in [1.807, 2.05) is 12.5 Å². The Kier molecular flexibility index (Phi) is 3.75. The fraction of sp³-hybridized carbons (Fsp3) is 0.375. The topological polar surface area (TPSA) is 58.5 Å². The van der Waals surface area contributed by atoms with Crippen molar-refractivity contribution >= 4 is 11.0 Å². The van der Waals surface area contributed by atoms with Gasteiger partial charge in [0.25, 0.3) is 0 Å². The third-order valence-electron chi connectivity index (χ3n) is 3.81. The molecular weight excluding hydrogens is 262 g/mol. The van der Waals surface area contributed by atoms with Crippen molar-refractivity contribution in [2.75, 3.05) is 0 Å². The highest BCUT2D eigenvalue weighted by Gasteiger charge is 2.07. The quantitative estimate of drug-likeness (QED) is 0.756. The lowest BCUT2D eigenvalue weighted by atomic mass is 10.1. The Labute approximate surface area is 124 Å². The second-order valence-electron chi connectivity index (χ2n) is 5.68. The maximum Gasteiger partial charge on any atom is 0.121 e. The van der Waals surface area contributed by atoms with Crippen LogP contribution in [0.1, 0.15) is 23.9 Å². The van der Waals surface area contributed by atoms with Crippen LogP contribution >= 0.6 is 0 Å². The van der Waals surface area contributed by atoms with Crippen LogP contribution in [0.15, 0.2) is 30.9 Å². The molecule has 3 rings (SSSR count). The average molecular weight is 283 g/mol. The fourth-order valence-electron chi connectivity index (χ4n) is 2.45. The predicted molar refractivity (Wildman–Crippen MR) is 84.1 cm³/mol. The van der Waals surface area contributed by atoms with Crippen LogP contribution in [0, 0.1) is 13.8 Å². The van der Waals surface area contributed by atoms with Gasteiger partial charge in [-0.3, -0.25) is 0 Å². The molecule has 0 spiro atoms. The summed E-state index contributed by atoms with van der Waals surface area (Å²) in [6.07, 6.45) is 5.62. The largest absolute Gasteiger partial charge is 0.341 e. The molecule has 0 saturated carbocycles. The number of aryl methyl sites for hydroxylation is 2. The number of aromatic amines is 1. The standard InChI is InChI=1S/C16H21N5/c1-11-6-14-15(7-12(11)2)20-16(19-14)8-18-13(3)9-21-5-4-17-10-21/h4-7,10,13,18H,8-9H2,1-3H3,(H,19,20)/t13-/m1/s1. The van der Waals surface area contributed by atoms with Gasteiger partial charge in [0.15, 0.2) is 0 Å². The number of fused-ring (bicyclic) bond motifs is 1. The Balaban J connectivity index is 1.65. The minimum absolute atomic E-state index is 0.357. The summed E-state index contributed by atoms with van der Waals surface area (Å²) in [5.41, 5.74) is 4.72. The molecule has 0 unspecified atom stereocenters. The van der Waals surface area contributed by atoms with Gasteiger partial charge in [-0.2, -0.15) is 0 Å². The average Bonchev–Trinajstić information content (AvgIpc) is 3.06. The molecule has 0 aliphatic rings. The molecule has 0 fully saturated rings. The first-order chi connectivity index (χ1) is 10.1. The van der Waals surface area contributed by atoms with Gasteiger partial charge in [0, 0.05) is 25.0 Å². The minimum atomic E-state index is 0.357. The molecule has 2 heterocycles. The first-order valence-corrected chi connectivity index (χ1v) is 7.27. The Bertz CT molecular complexity index is 688. The van der Waals surface area contributed by atoms with Crippen molar-refractivity contribution in [2.45, 2.75) is 39.9 Å². The highest BCUT2D eigenvalue weighted by Crippen LogP contribution is 2.17. The van der Waals surface area contributed by atoms with E-state index in [1.165, 1.54) is 11.1 Å². The summed E-state index contributed by atoms with van der Waals surface area (Å²) in [7, 11) is 0. The van der Waals surface area contributed by atoms with Crippen LogP contribution in [0.4, 0.5) is 0 Å². The van der Waals surface area contributed by atoms with Gasteiger partial charge in [-0.15, -0.1) is 0 Å². The molecule has 110 valence electrons. The van der Waals surface area contributed by atoms with Crippen LogP contribution in [0.25, 0.3) is 11.0 Å². The number of hydrogen-bond acceptors (Lipinski definition) is 3. The van der Waals surface area contributed by atoms with Gasteiger partial charge in [0.2, 0.25) is 0 Å². The molecule has 1 aromatic carbocycles. The maximum absolute atomic E-state index is 4.65. The van der Waals surface area contributed by atoms with Gasteiger partial charge in [0.1, 0.15) is 5.82 Å². The van der Waals surface area contributed by atoms with E-state index in [2.05, 4.69) is 57.7 Å². The first-order valence-electron chi connectivity index (χ1n) is 7.27. The molecule has 0 bridgehead atoms. The molecule has 2 N–H and O–H groups in total. The summed E-state index contributed by atoms with van der Waals surface area (Å²) in [5.74, 6) is 0.979. The third-order valence-corrected chi connectivity index (χ3v) is 3.81. The number of aromatic nitrogens is 4. The van der Waals surface area contributed by atoms with Crippen molar-refractivity contribution in [3.63, 3.8) is 0 Å². The van der Waals surface area contributed by atoms with Crippen molar-refractivity contribution < 1.29 is 0 Å². The molecule has 0 radical (unpaired) electrons. The summed E-state index contributed by atoms with van der Waals surface area (Å²) in [6, 6.07) is 4.66. The molecule has 3 aromatic rings. The number of benzene rings is 1. The normalized spacial score (nSPS) is 12.9. The summed E-state index contributed by atoms with van der Waals surface area (Å²) in [4.78, 5) is 12.1. The second kappa shape index (κ2) is 5.69. The second-order valence-corrected chi connectivity index (χ2v) is 5.68. The number of nitrogens with zero attached hydrogens (tertiary/aromatic N) is 3. The van der Waals surface area contributed by atoms with Gasteiger partial charge in [0.05, 0.1) is 23.9 Å². The maximum atomic E-state index is 4.65. The SMILES string of the molecule is Cc1cc2nc(CN[C@H](C)Cn3ccnc3)[nH]c2cc1C. The van der Waals surface area contributed by atoms with Crippen molar-refractivity contribution in [1.29, 1.82) is 0 Å². The molecule has 5 heteroatoms. The number of rotatable bonds is 5. The Morgan fingerprint density at radius 2 is 2.10 bits per heavy atom. The lowest BCUT2D eigenvalue weighted by Crippen LogP contribution is -2.29. The van der Waals surface area contributed by atoms with Crippen LogP contribution < -0.4 is 5.32 Å². The summed E-state index contributed by atoms with van der Waals surface area (Å²) in [5, 5.41) is 3.49. The van der Waals surface area contributed by atoms with E-state index in [4.69, 9.17) is 0 Å². The highest BCUT2D eigenvalue weighted by molar-refractivity contribution is 5.77. The van der Waals surface area contributed by atoms with E-state index in [9.17, 15) is 0 Å². The van der Waals surface area contributed by atoms with Gasteiger partial charge < -0.3 is 14.9 Å². The van der Waals surface area contributed by atoms with E-state index in [-0.39, 0.29) is 0 Å². The third kappa shape index (κ3) is 3.13. The zero-order chi connectivity index (χ0) is 14.8. The van der Waals surface area contributed by atoms with Gasteiger partial charge in [-0.25, -0.2) is 9.97 Å². The molecule has 0 aliphatic carbocycles. The number of hydrogen-bond donors (Lipinski definition) is 2. The summed E-state index contributed by atoms with van der Waals surface area (Å²) < 4.78 is 2.07. The smallest absolute Gasteiger partial charge is 0.121 e. The molecule has 2 aromatic heterocycles. The van der Waals surface area contributed by atoms with Crippen LogP contribution in [0.5, 0.6) is 0 Å². The van der Waals surface area contributed by atoms with Crippen LogP contribution in [0.3, 0.4) is 0 Å². The predicted octanol–water partition coefficient (Wildman–Crippen LogP) is 2.55. The summed E-state index contributed by atoms with van der Waals surface area (Å²) >= 11 is 0. The van der Waals surface area contributed by atoms with Crippen molar-refractivity contribution in [3.05, 3.63) is 47.8 Å². The zero-order valence-corrected chi connectivity index (χ0v) is 12.7. The lowest BCUT2D eigenvalue weighted by molar-refractivity contribution is 0.470. The molecule has 5 nitrogen and oxygen atoms in total. The van der Waals surface area contributed by atoms with E-state index < -0.39 is 0 Å². The van der Waals surface area contributed by atoms with E-state index in [1.54, 1.807) is 6.20 Å². The Hall–Kier alpha value is -2.14. The first kappa shape index (κ1) is 13.8. The molecular formula is C16H21N5. The number of imidazole rings is 2. The monoisotopic (exact) mass is 283 g/mol. The van der Waals surface area contributed by atoms with Gasteiger partial charge in [-0.1, -0.05) is 0 Å². The fourth-order valence-corrected chi connectivity index (χ4v) is 2.45. The van der Waals surface area contributed by atoms with Crippen LogP contribution in [-0.2, 0) is 13.1 Å². The van der Waals surface area contributed by atoms with E-state index >= 15 is 0 Å². The Morgan fingerprint density at radius 1 is 1.29 bits per heavy atom. The van der Waals surface area contributed by atoms with E-state index in [0.29, 0.717) is 6.04 Å². The van der Waals surface area contributed by atoms with Crippen molar-refractivity contribution in [1.82, 2.24) is 24.8 Å². The Morgan fingerprint density at radius 3 is 2.86 bits per heavy atom. The van der Waals surface area contributed by atoms with Gasteiger partial charge >= 0.3 is 0 Å². The van der Waals surface area contributed by atoms with E-state index in [0.717, 1.165) is 29.9 Å². The molecule has 1 atom stereocenters. The van der Waals surface area contributed by atoms with Crippen molar-refractivity contribution in [2.24, 2.45) is 0 Å². The molecule has 0 amide bonds. The number of nitrogens with one attached hydrogen (secondary N) is 2. The van der Waals surface area contributed by atoms with Crippen LogP contribution in [0.2, 0.25) is 0 Å². The highest BCUT2D eigenvalue weighted by atomic mass is 15.1. The number of H-pyrrole nitrogens is 1.